The molecule has 0 unspecified atom stereocenters. The third-order valence-electron chi connectivity index (χ3n) is 3.39. The molecule has 8 nitrogen and oxygen atoms in total. The molecule has 2 heterocycles. The van der Waals surface area contributed by atoms with Crippen LogP contribution in [0.3, 0.4) is 0 Å². The van der Waals surface area contributed by atoms with Crippen molar-refractivity contribution in [2.24, 2.45) is 0 Å². The minimum absolute atomic E-state index is 0.0863. The molecule has 114 valence electrons. The second kappa shape index (κ2) is 5.73. The molecule has 0 spiro atoms. The molecule has 0 fully saturated rings. The van der Waals surface area contributed by atoms with Crippen LogP contribution in [0, 0.1) is 21.4 Å². The van der Waals surface area contributed by atoms with Crippen molar-refractivity contribution >= 4 is 17.5 Å². The number of aromatic nitrogens is 1. The van der Waals surface area contributed by atoms with Crippen molar-refractivity contribution < 1.29 is 14.5 Å². The molecule has 8 heteroatoms. The highest BCUT2D eigenvalue weighted by molar-refractivity contribution is 5.96. The Morgan fingerprint density at radius 2 is 2.13 bits per heavy atom. The SMILES string of the molecule is N#Cc1ccccc1CN1C(=O)COc2ccc([N+](=O)[O-])nc21. The lowest BCUT2D eigenvalue weighted by Gasteiger charge is -2.25. The summed E-state index contributed by atoms with van der Waals surface area (Å²) in [5.41, 5.74) is 1.06. The Morgan fingerprint density at radius 1 is 1.35 bits per heavy atom. The number of anilines is 1. The molecule has 1 aromatic carbocycles. The van der Waals surface area contributed by atoms with Crippen LogP contribution in [0.5, 0.6) is 5.75 Å². The number of benzene rings is 1. The van der Waals surface area contributed by atoms with Crippen LogP contribution >= 0.6 is 0 Å². The molecular formula is C15H10N4O4. The highest BCUT2D eigenvalue weighted by atomic mass is 16.6. The number of carbonyl (C=O) groups excluding carboxylic acids is 1. The Balaban J connectivity index is 2.03. The van der Waals surface area contributed by atoms with Crippen LogP contribution in [-0.4, -0.2) is 22.4 Å². The molecule has 3 rings (SSSR count). The van der Waals surface area contributed by atoms with Crippen molar-refractivity contribution in [2.75, 3.05) is 11.5 Å². The van der Waals surface area contributed by atoms with Gasteiger partial charge in [-0.2, -0.15) is 5.26 Å². The predicted octanol–water partition coefficient (Wildman–Crippen LogP) is 1.79. The van der Waals surface area contributed by atoms with Crippen LogP contribution in [0.1, 0.15) is 11.1 Å². The Hall–Kier alpha value is -3.47. The number of nitrogens with zero attached hydrogens (tertiary/aromatic N) is 4. The van der Waals surface area contributed by atoms with Gasteiger partial charge in [0.05, 0.1) is 18.2 Å². The fourth-order valence-electron chi connectivity index (χ4n) is 2.27. The Kier molecular flexibility index (Phi) is 3.60. The first kappa shape index (κ1) is 14.5. The van der Waals surface area contributed by atoms with Gasteiger partial charge in [-0.15, -0.1) is 0 Å². The molecule has 0 N–H and O–H groups in total. The van der Waals surface area contributed by atoms with Crippen molar-refractivity contribution in [3.8, 4) is 11.8 Å². The van der Waals surface area contributed by atoms with E-state index >= 15 is 0 Å². The van der Waals surface area contributed by atoms with E-state index in [1.165, 1.54) is 17.0 Å². The number of nitriles is 1. The molecule has 0 atom stereocenters. The first-order valence-corrected chi connectivity index (χ1v) is 6.67. The fraction of sp³-hybridized carbons (Fsp3) is 0.133. The summed E-state index contributed by atoms with van der Waals surface area (Å²) in [7, 11) is 0. The third-order valence-corrected chi connectivity index (χ3v) is 3.39. The molecule has 0 radical (unpaired) electrons. The number of fused-ring (bicyclic) bond motifs is 1. The first-order valence-electron chi connectivity index (χ1n) is 6.67. The van der Waals surface area contributed by atoms with E-state index in [-0.39, 0.29) is 30.7 Å². The van der Waals surface area contributed by atoms with Gasteiger partial charge in [0.25, 0.3) is 11.7 Å². The van der Waals surface area contributed by atoms with Gasteiger partial charge in [0.1, 0.15) is 0 Å². The molecule has 1 aliphatic rings. The minimum Gasteiger partial charge on any atom is -0.477 e. The average molecular weight is 310 g/mol. The van der Waals surface area contributed by atoms with Crippen LogP contribution in [0.15, 0.2) is 36.4 Å². The lowest BCUT2D eigenvalue weighted by molar-refractivity contribution is -0.389. The summed E-state index contributed by atoms with van der Waals surface area (Å²) < 4.78 is 5.25. The van der Waals surface area contributed by atoms with Crippen molar-refractivity contribution in [1.82, 2.24) is 4.98 Å². The normalized spacial score (nSPS) is 13.0. The van der Waals surface area contributed by atoms with Crippen LogP contribution in [0.2, 0.25) is 0 Å². The largest absolute Gasteiger partial charge is 0.477 e. The lowest BCUT2D eigenvalue weighted by atomic mass is 10.1. The maximum atomic E-state index is 12.2. The van der Waals surface area contributed by atoms with Gasteiger partial charge in [-0.25, -0.2) is 0 Å². The Labute approximate surface area is 130 Å². The number of hydrogen-bond donors (Lipinski definition) is 0. The first-order chi connectivity index (χ1) is 11.1. The second-order valence-corrected chi connectivity index (χ2v) is 4.79. The van der Waals surface area contributed by atoms with Crippen LogP contribution in [-0.2, 0) is 11.3 Å². The van der Waals surface area contributed by atoms with Gasteiger partial charge in [-0.05, 0) is 27.6 Å². The summed E-state index contributed by atoms with van der Waals surface area (Å²) in [6, 6.07) is 11.5. The van der Waals surface area contributed by atoms with Gasteiger partial charge in [0, 0.05) is 6.07 Å². The lowest BCUT2D eigenvalue weighted by Crippen LogP contribution is -2.39. The zero-order valence-electron chi connectivity index (χ0n) is 11.8. The van der Waals surface area contributed by atoms with Crippen molar-refractivity contribution in [2.45, 2.75) is 6.54 Å². The zero-order chi connectivity index (χ0) is 16.4. The molecule has 0 saturated heterocycles. The maximum absolute atomic E-state index is 12.2. The summed E-state index contributed by atoms with van der Waals surface area (Å²) >= 11 is 0. The number of amides is 1. The molecular weight excluding hydrogens is 300 g/mol. The van der Waals surface area contributed by atoms with E-state index < -0.39 is 4.92 Å². The van der Waals surface area contributed by atoms with E-state index in [0.717, 1.165) is 0 Å². The minimum atomic E-state index is -0.638. The van der Waals surface area contributed by atoms with Gasteiger partial charge >= 0.3 is 5.82 Å². The van der Waals surface area contributed by atoms with Crippen LogP contribution in [0.4, 0.5) is 11.6 Å². The van der Waals surface area contributed by atoms with Crippen molar-refractivity contribution in [3.05, 3.63) is 57.6 Å². The average Bonchev–Trinajstić information content (AvgIpc) is 2.57. The predicted molar refractivity (Wildman–Crippen MR) is 78.7 cm³/mol. The maximum Gasteiger partial charge on any atom is 0.366 e. The molecule has 0 bridgehead atoms. The van der Waals surface area contributed by atoms with Gasteiger partial charge < -0.3 is 14.9 Å². The Bertz CT molecular complexity index is 844. The molecule has 1 aromatic heterocycles. The van der Waals surface area contributed by atoms with Crippen LogP contribution in [0.25, 0.3) is 0 Å². The van der Waals surface area contributed by atoms with E-state index in [9.17, 15) is 14.9 Å². The number of ether oxygens (including phenoxy) is 1. The second-order valence-electron chi connectivity index (χ2n) is 4.79. The summed E-state index contributed by atoms with van der Waals surface area (Å²) in [4.78, 5) is 27.6. The molecule has 23 heavy (non-hydrogen) atoms. The van der Waals surface area contributed by atoms with Crippen molar-refractivity contribution in [3.63, 3.8) is 0 Å². The summed E-state index contributed by atoms with van der Waals surface area (Å²) in [6.07, 6.45) is 0. The van der Waals surface area contributed by atoms with Crippen LogP contribution < -0.4 is 9.64 Å². The van der Waals surface area contributed by atoms with E-state index in [0.29, 0.717) is 16.9 Å². The number of rotatable bonds is 3. The molecule has 1 aliphatic heterocycles. The van der Waals surface area contributed by atoms with E-state index in [2.05, 4.69) is 11.1 Å². The van der Waals surface area contributed by atoms with Gasteiger partial charge in [0.2, 0.25) is 0 Å². The topological polar surface area (TPSA) is 109 Å². The molecule has 2 aromatic rings. The van der Waals surface area contributed by atoms with E-state index in [4.69, 9.17) is 10.00 Å². The highest BCUT2D eigenvalue weighted by Crippen LogP contribution is 2.33. The Morgan fingerprint density at radius 3 is 2.87 bits per heavy atom. The van der Waals surface area contributed by atoms with Gasteiger partial charge in [-0.1, -0.05) is 18.2 Å². The number of carbonyl (C=O) groups is 1. The fourth-order valence-corrected chi connectivity index (χ4v) is 2.27. The third kappa shape index (κ3) is 2.67. The van der Waals surface area contributed by atoms with Crippen molar-refractivity contribution in [1.29, 1.82) is 5.26 Å². The summed E-state index contributed by atoms with van der Waals surface area (Å²) in [5.74, 6) is -0.369. The molecule has 0 saturated carbocycles. The number of nitro groups is 1. The highest BCUT2D eigenvalue weighted by Gasteiger charge is 2.32. The number of hydrogen-bond acceptors (Lipinski definition) is 6. The quantitative estimate of drug-likeness (QED) is 0.631. The molecule has 1 amide bonds. The monoisotopic (exact) mass is 310 g/mol. The van der Waals surface area contributed by atoms with Gasteiger partial charge in [0.15, 0.2) is 12.4 Å². The smallest absolute Gasteiger partial charge is 0.366 e. The summed E-state index contributed by atoms with van der Waals surface area (Å²) in [5, 5.41) is 20.0. The zero-order valence-corrected chi connectivity index (χ0v) is 11.8. The van der Waals surface area contributed by atoms with E-state index in [1.54, 1.807) is 24.3 Å². The number of pyridine rings is 1. The summed E-state index contributed by atoms with van der Waals surface area (Å²) in [6.45, 7) is -0.0890. The molecule has 0 aliphatic carbocycles. The van der Waals surface area contributed by atoms with Gasteiger partial charge in [-0.3, -0.25) is 9.69 Å². The standard InChI is InChI=1S/C15H10N4O4/c16-7-10-3-1-2-4-11(10)8-18-14(20)9-23-12-5-6-13(19(21)22)17-15(12)18/h1-6H,8-9H2. The van der Waals surface area contributed by atoms with E-state index in [1.807, 2.05) is 0 Å².